The minimum Gasteiger partial charge on any atom is -0.756 e. The number of fused-ring (bicyclic) bond motifs is 1. The van der Waals surface area contributed by atoms with Gasteiger partial charge >= 0.3 is 0 Å². The van der Waals surface area contributed by atoms with Gasteiger partial charge in [0.15, 0.2) is 17.7 Å². The van der Waals surface area contributed by atoms with Crippen LogP contribution >= 0.6 is 15.6 Å². The molecule has 6 atom stereocenters. The molecule has 1 saturated heterocycles. The van der Waals surface area contributed by atoms with Crippen molar-refractivity contribution >= 4 is 32.6 Å². The molecule has 0 aromatic carbocycles. The summed E-state index contributed by atoms with van der Waals surface area (Å²) in [5.74, 6) is 0.0714. The number of aromatic nitrogens is 4. The molecule has 0 saturated carbocycles. The van der Waals surface area contributed by atoms with Gasteiger partial charge in [-0.2, -0.15) is 0 Å². The number of aliphatic hydroxyl groups is 2. The van der Waals surface area contributed by atoms with Gasteiger partial charge in [0.25, 0.3) is 15.6 Å². The molecule has 3 heterocycles. The molecular formula is C10H13N5O10P2Y-2. The zero-order chi connectivity index (χ0) is 20.0. The Labute approximate surface area is 181 Å². The number of nitrogens with two attached hydrogens (primary N) is 1. The van der Waals surface area contributed by atoms with Gasteiger partial charge in [0.1, 0.15) is 30.2 Å². The number of hydrogen-bond donors (Lipinski definition) is 4. The van der Waals surface area contributed by atoms with E-state index in [9.17, 15) is 29.1 Å². The number of imidazole rings is 1. The Kier molecular flexibility index (Phi) is 7.47. The quantitative estimate of drug-likeness (QED) is 0.281. The summed E-state index contributed by atoms with van der Waals surface area (Å²) < 4.78 is 36.1. The van der Waals surface area contributed by atoms with Crippen LogP contribution in [0.25, 0.3) is 11.2 Å². The summed E-state index contributed by atoms with van der Waals surface area (Å²) in [6, 6.07) is 0. The summed E-state index contributed by atoms with van der Waals surface area (Å²) in [5, 5.41) is 20.2. The Bertz CT molecular complexity index is 938. The van der Waals surface area contributed by atoms with Gasteiger partial charge in [0.2, 0.25) is 0 Å². The summed E-state index contributed by atoms with van der Waals surface area (Å²) >= 11 is 0. The molecule has 1 fully saturated rings. The Morgan fingerprint density at radius 1 is 1.25 bits per heavy atom. The smallest absolute Gasteiger partial charge is 0.274 e. The van der Waals surface area contributed by atoms with Crippen molar-refractivity contribution in [1.29, 1.82) is 0 Å². The van der Waals surface area contributed by atoms with Crippen LogP contribution in [0.2, 0.25) is 0 Å². The number of nitrogens with zero attached hydrogens (tertiary/aromatic N) is 4. The zero-order valence-corrected chi connectivity index (χ0v) is 18.3. The van der Waals surface area contributed by atoms with E-state index < -0.39 is 46.8 Å². The molecule has 0 bridgehead atoms. The first kappa shape index (κ1) is 23.9. The molecule has 3 rings (SSSR count). The number of nitrogen functional groups attached to an aromatic ring is 1. The van der Waals surface area contributed by atoms with Gasteiger partial charge in [-0.1, -0.05) is 0 Å². The van der Waals surface area contributed by atoms with Gasteiger partial charge in [-0.05, 0) is 0 Å². The minimum absolute atomic E-state index is 0. The standard InChI is InChI=1S/C10H15N5O10P2.Y/c11-8-5-9(13-2-12-8)15(3-14-5)10-7(17)6(16)4(24-10)1-23-27(21,22)25-26(18,19)20;/h2-4,6-7,10,16-17H,1H2,(H,21,22)(H2,11,12,13)(H2,18,19,20);/p-2. The van der Waals surface area contributed by atoms with Crippen molar-refractivity contribution in [2.24, 2.45) is 0 Å². The summed E-state index contributed by atoms with van der Waals surface area (Å²) in [6.07, 6.45) is -3.40. The third kappa shape index (κ3) is 5.19. The molecule has 15 nitrogen and oxygen atoms in total. The van der Waals surface area contributed by atoms with E-state index in [1.54, 1.807) is 0 Å². The minimum atomic E-state index is -5.60. The zero-order valence-electron chi connectivity index (χ0n) is 13.7. The molecule has 0 spiro atoms. The second-order valence-corrected chi connectivity index (χ2v) is 8.17. The Balaban J connectivity index is 0.00000280. The average Bonchev–Trinajstić information content (AvgIpc) is 3.07. The summed E-state index contributed by atoms with van der Waals surface area (Å²) in [4.78, 5) is 41.9. The Morgan fingerprint density at radius 2 is 1.93 bits per heavy atom. The van der Waals surface area contributed by atoms with Crippen molar-refractivity contribution in [2.45, 2.75) is 24.5 Å². The maximum absolute atomic E-state index is 11.3. The predicted molar refractivity (Wildman–Crippen MR) is 80.1 cm³/mol. The normalized spacial score (nSPS) is 29.2. The van der Waals surface area contributed by atoms with Gasteiger partial charge in [-0.3, -0.25) is 13.7 Å². The number of hydrogen-bond acceptors (Lipinski definition) is 13. The largest absolute Gasteiger partial charge is 0.756 e. The molecule has 5 N–H and O–H groups in total. The van der Waals surface area contributed by atoms with E-state index in [2.05, 4.69) is 23.8 Å². The van der Waals surface area contributed by atoms with Gasteiger partial charge in [-0.25, -0.2) is 19.3 Å². The molecule has 1 radical (unpaired) electrons. The van der Waals surface area contributed by atoms with Crippen LogP contribution in [0.1, 0.15) is 6.23 Å². The molecule has 153 valence electrons. The van der Waals surface area contributed by atoms with E-state index in [-0.39, 0.29) is 49.7 Å². The monoisotopic (exact) mass is 514 g/mol. The van der Waals surface area contributed by atoms with E-state index in [4.69, 9.17) is 15.4 Å². The maximum atomic E-state index is 11.3. The van der Waals surface area contributed by atoms with Crippen molar-refractivity contribution in [3.63, 3.8) is 0 Å². The van der Waals surface area contributed by atoms with Crippen molar-refractivity contribution in [3.05, 3.63) is 12.7 Å². The first-order valence-corrected chi connectivity index (χ1v) is 10.1. The van der Waals surface area contributed by atoms with Crippen LogP contribution in [0.5, 0.6) is 0 Å². The van der Waals surface area contributed by atoms with Gasteiger partial charge in [-0.15, -0.1) is 0 Å². The number of ether oxygens (including phenoxy) is 1. The van der Waals surface area contributed by atoms with E-state index >= 15 is 0 Å². The topological polar surface area (TPSA) is 238 Å². The van der Waals surface area contributed by atoms with Crippen molar-refractivity contribution < 1.29 is 80.3 Å². The van der Waals surface area contributed by atoms with Gasteiger partial charge < -0.3 is 39.9 Å². The predicted octanol–water partition coefficient (Wildman–Crippen LogP) is -3.01. The van der Waals surface area contributed by atoms with Crippen molar-refractivity contribution in [2.75, 3.05) is 12.3 Å². The third-order valence-electron chi connectivity index (χ3n) is 3.60. The Hall–Kier alpha value is -0.406. The average molecular weight is 514 g/mol. The summed E-state index contributed by atoms with van der Waals surface area (Å²) in [7, 11) is -11.0. The number of anilines is 1. The van der Waals surface area contributed by atoms with Crippen LogP contribution < -0.4 is 15.5 Å². The fourth-order valence-electron chi connectivity index (χ4n) is 2.47. The fourth-order valence-corrected chi connectivity index (χ4v) is 4.00. The Morgan fingerprint density at radius 3 is 2.57 bits per heavy atom. The summed E-state index contributed by atoms with van der Waals surface area (Å²) in [6.45, 7) is -0.904. The molecule has 6 unspecified atom stereocenters. The number of aliphatic hydroxyl groups excluding tert-OH is 2. The second-order valence-electron chi connectivity index (χ2n) is 5.42. The molecule has 2 aromatic rings. The van der Waals surface area contributed by atoms with E-state index in [0.717, 1.165) is 6.33 Å². The first-order chi connectivity index (χ1) is 12.5. The molecule has 18 heteroatoms. The van der Waals surface area contributed by atoms with Gasteiger partial charge in [0, 0.05) is 32.7 Å². The van der Waals surface area contributed by atoms with Gasteiger partial charge in [0.05, 0.1) is 12.9 Å². The fraction of sp³-hybridized carbons (Fsp3) is 0.500. The maximum Gasteiger partial charge on any atom is 0.274 e. The molecule has 0 amide bonds. The van der Waals surface area contributed by atoms with E-state index in [1.807, 2.05) is 0 Å². The molecule has 28 heavy (non-hydrogen) atoms. The molecule has 1 aliphatic rings. The molecular weight excluding hydrogens is 501 g/mol. The van der Waals surface area contributed by atoms with Crippen LogP contribution in [0, 0.1) is 0 Å². The number of rotatable bonds is 6. The summed E-state index contributed by atoms with van der Waals surface area (Å²) in [5.41, 5.74) is 6.06. The first-order valence-electron chi connectivity index (χ1n) is 7.14. The van der Waals surface area contributed by atoms with Crippen LogP contribution in [0.15, 0.2) is 12.7 Å². The molecule has 0 aliphatic carbocycles. The number of phosphoric acid groups is 2. The third-order valence-corrected chi connectivity index (χ3v) is 5.69. The van der Waals surface area contributed by atoms with Crippen molar-refractivity contribution in [1.82, 2.24) is 19.5 Å². The molecule has 2 aromatic heterocycles. The SMILES string of the molecule is Nc1ncnc2c1ncn2C1OC(COP(=O)([O-])OP(=O)([O-])O)C(O)C1O.[Y]. The van der Waals surface area contributed by atoms with Crippen LogP contribution in [-0.4, -0.2) is 59.5 Å². The van der Waals surface area contributed by atoms with E-state index in [1.165, 1.54) is 10.9 Å². The second kappa shape index (κ2) is 8.76. The van der Waals surface area contributed by atoms with Crippen LogP contribution in [0.3, 0.4) is 0 Å². The van der Waals surface area contributed by atoms with Crippen molar-refractivity contribution in [3.8, 4) is 0 Å². The van der Waals surface area contributed by atoms with E-state index in [0.29, 0.717) is 0 Å². The van der Waals surface area contributed by atoms with Crippen LogP contribution in [-0.2, 0) is 55.4 Å². The molecule has 1 aliphatic heterocycles. The number of phosphoric ester groups is 1. The van der Waals surface area contributed by atoms with Crippen LogP contribution in [0.4, 0.5) is 5.82 Å².